The minimum Gasteiger partial charge on any atom is -0.735 e. The summed E-state index contributed by atoms with van der Waals surface area (Å²) < 4.78 is 40.4. The molecular formula is C17H18Cl2NO5S-. The van der Waals surface area contributed by atoms with Gasteiger partial charge < -0.3 is 14.4 Å². The Kier molecular flexibility index (Phi) is 7.69. The van der Waals surface area contributed by atoms with Crippen LogP contribution in [0.1, 0.15) is 5.56 Å². The largest absolute Gasteiger partial charge is 0.735 e. The van der Waals surface area contributed by atoms with E-state index in [0.29, 0.717) is 20.8 Å². The Morgan fingerprint density at radius 3 is 2.50 bits per heavy atom. The van der Waals surface area contributed by atoms with Crippen LogP contribution in [0.15, 0.2) is 48.5 Å². The van der Waals surface area contributed by atoms with Gasteiger partial charge in [0.05, 0.1) is 5.02 Å². The summed E-state index contributed by atoms with van der Waals surface area (Å²) in [6, 6.07) is 13.8. The van der Waals surface area contributed by atoms with Gasteiger partial charge in [0.15, 0.2) is 10.3 Å². The average Bonchev–Trinajstić information content (AvgIpc) is 2.59. The maximum absolute atomic E-state index is 11.4. The van der Waals surface area contributed by atoms with Crippen molar-refractivity contribution in [2.75, 3.05) is 19.7 Å². The predicted molar refractivity (Wildman–Crippen MR) is 99.4 cm³/mol. The lowest BCUT2D eigenvalue weighted by molar-refractivity contribution is 0.0872. The fourth-order valence-corrected chi connectivity index (χ4v) is 3.26. The Bertz CT molecular complexity index is 817. The van der Waals surface area contributed by atoms with Crippen LogP contribution in [-0.2, 0) is 16.7 Å². The summed E-state index contributed by atoms with van der Waals surface area (Å²) in [5, 5.41) is 10.8. The Morgan fingerprint density at radius 1 is 1.15 bits per heavy atom. The Labute approximate surface area is 162 Å². The first-order chi connectivity index (χ1) is 12.3. The fourth-order valence-electron chi connectivity index (χ4n) is 2.25. The zero-order chi connectivity index (χ0) is 19.2. The topological polar surface area (TPSA) is 89.9 Å². The molecule has 1 N–H and O–H groups in total. The molecule has 2 aromatic carbocycles. The van der Waals surface area contributed by atoms with Gasteiger partial charge in [0, 0.05) is 24.2 Å². The minimum absolute atomic E-state index is 0.0369. The average molecular weight is 419 g/mol. The first-order valence-electron chi connectivity index (χ1n) is 7.76. The molecule has 0 aromatic heterocycles. The Hall–Kier alpha value is -1.35. The number of hydrogen-bond acceptors (Lipinski definition) is 5. The van der Waals surface area contributed by atoms with Crippen LogP contribution >= 0.6 is 23.2 Å². The van der Waals surface area contributed by atoms with Gasteiger partial charge >= 0.3 is 0 Å². The zero-order valence-electron chi connectivity index (χ0n) is 13.7. The first-order valence-corrected chi connectivity index (χ1v) is 9.88. The van der Waals surface area contributed by atoms with Gasteiger partial charge in [-0.25, -0.2) is 12.7 Å². The van der Waals surface area contributed by atoms with Crippen molar-refractivity contribution in [2.24, 2.45) is 0 Å². The Balaban J connectivity index is 1.93. The normalized spacial score (nSPS) is 13.0. The maximum atomic E-state index is 11.4. The minimum atomic E-state index is -4.71. The molecule has 0 radical (unpaired) electrons. The third-order valence-electron chi connectivity index (χ3n) is 3.55. The van der Waals surface area contributed by atoms with Gasteiger partial charge in [0.2, 0.25) is 0 Å². The van der Waals surface area contributed by atoms with Crippen molar-refractivity contribution >= 4 is 33.5 Å². The summed E-state index contributed by atoms with van der Waals surface area (Å²) in [6.45, 7) is -0.654. The third kappa shape index (κ3) is 6.75. The molecule has 142 valence electrons. The van der Waals surface area contributed by atoms with E-state index in [2.05, 4.69) is 0 Å². The van der Waals surface area contributed by atoms with Gasteiger partial charge in [-0.1, -0.05) is 53.5 Å². The van der Waals surface area contributed by atoms with Crippen molar-refractivity contribution in [2.45, 2.75) is 12.5 Å². The maximum Gasteiger partial charge on any atom is 0.162 e. The molecule has 1 unspecified atom stereocenters. The molecule has 0 saturated heterocycles. The lowest BCUT2D eigenvalue weighted by Gasteiger charge is -2.27. The summed E-state index contributed by atoms with van der Waals surface area (Å²) in [7, 11) is -4.71. The van der Waals surface area contributed by atoms with Crippen LogP contribution in [0.25, 0.3) is 0 Å². The monoisotopic (exact) mass is 418 g/mol. The second-order valence-electron chi connectivity index (χ2n) is 5.59. The molecule has 26 heavy (non-hydrogen) atoms. The molecule has 0 aliphatic rings. The number of hydrogen-bond donors (Lipinski definition) is 1. The van der Waals surface area contributed by atoms with Crippen molar-refractivity contribution in [3.05, 3.63) is 64.1 Å². The highest BCUT2D eigenvalue weighted by molar-refractivity contribution is 7.83. The second-order valence-corrected chi connectivity index (χ2v) is 7.81. The lowest BCUT2D eigenvalue weighted by Crippen LogP contribution is -2.40. The van der Waals surface area contributed by atoms with Gasteiger partial charge in [-0.15, -0.1) is 0 Å². The molecule has 0 aliphatic carbocycles. The standard InChI is InChI=1S/C17H19Cl2NO5S/c18-14-6-7-16(19)17(10-14)25-12-15(21)11-20(26(22,23)24)9-8-13-4-2-1-3-5-13/h1-7,10,15,21H,8-9,11-12H2,(H,22,23,24)/p-1. The quantitative estimate of drug-likeness (QED) is 0.632. The summed E-state index contributed by atoms with van der Waals surface area (Å²) in [4.78, 5) is 0. The van der Waals surface area contributed by atoms with E-state index < -0.39 is 16.4 Å². The summed E-state index contributed by atoms with van der Waals surface area (Å²) in [5.41, 5.74) is 0.887. The second kappa shape index (κ2) is 9.55. The van der Waals surface area contributed by atoms with Gasteiger partial charge in [-0.05, 0) is 24.1 Å². The smallest absolute Gasteiger partial charge is 0.162 e. The van der Waals surface area contributed by atoms with E-state index in [1.165, 1.54) is 6.07 Å². The molecule has 0 heterocycles. The molecule has 0 aliphatic heterocycles. The zero-order valence-corrected chi connectivity index (χ0v) is 16.0. The molecule has 0 saturated carbocycles. The van der Waals surface area contributed by atoms with E-state index in [0.717, 1.165) is 5.56 Å². The molecule has 0 spiro atoms. The highest BCUT2D eigenvalue weighted by Gasteiger charge is 2.18. The van der Waals surface area contributed by atoms with Crippen LogP contribution in [0, 0.1) is 0 Å². The van der Waals surface area contributed by atoms with Crippen LogP contribution in [0.3, 0.4) is 0 Å². The molecule has 2 rings (SSSR count). The fraction of sp³-hybridized carbons (Fsp3) is 0.294. The van der Waals surface area contributed by atoms with Crippen molar-refractivity contribution < 1.29 is 22.8 Å². The molecule has 0 fully saturated rings. The molecule has 9 heteroatoms. The van der Waals surface area contributed by atoms with Gasteiger partial charge in [0.1, 0.15) is 18.5 Å². The van der Waals surface area contributed by atoms with Gasteiger partial charge in [0.25, 0.3) is 0 Å². The molecule has 1 atom stereocenters. The molecule has 0 bridgehead atoms. The number of halogens is 2. The molecule has 0 amide bonds. The van der Waals surface area contributed by atoms with Crippen molar-refractivity contribution in [3.8, 4) is 5.75 Å². The predicted octanol–water partition coefficient (Wildman–Crippen LogP) is 2.74. The van der Waals surface area contributed by atoms with E-state index in [9.17, 15) is 18.1 Å². The van der Waals surface area contributed by atoms with Crippen LogP contribution < -0.4 is 4.74 Å². The van der Waals surface area contributed by atoms with E-state index >= 15 is 0 Å². The summed E-state index contributed by atoms with van der Waals surface area (Å²) >= 11 is 11.8. The molecular weight excluding hydrogens is 401 g/mol. The van der Waals surface area contributed by atoms with Crippen molar-refractivity contribution in [1.82, 2.24) is 4.31 Å². The van der Waals surface area contributed by atoms with E-state index in [-0.39, 0.29) is 25.4 Å². The van der Waals surface area contributed by atoms with Gasteiger partial charge in [-0.3, -0.25) is 0 Å². The van der Waals surface area contributed by atoms with Gasteiger partial charge in [-0.2, -0.15) is 0 Å². The SMILES string of the molecule is O=S(=O)([O-])N(CCc1ccccc1)CC(O)COc1cc(Cl)ccc1Cl. The summed E-state index contributed by atoms with van der Waals surface area (Å²) in [5.74, 6) is 0.263. The van der Waals surface area contributed by atoms with E-state index in [4.69, 9.17) is 27.9 Å². The third-order valence-corrected chi connectivity index (χ3v) is 5.06. The van der Waals surface area contributed by atoms with Crippen molar-refractivity contribution in [1.29, 1.82) is 0 Å². The molecule has 2 aromatic rings. The highest BCUT2D eigenvalue weighted by Crippen LogP contribution is 2.27. The number of nitrogens with zero attached hydrogens (tertiary/aromatic N) is 1. The van der Waals surface area contributed by atoms with E-state index in [1.807, 2.05) is 30.3 Å². The van der Waals surface area contributed by atoms with Crippen LogP contribution in [0.5, 0.6) is 5.75 Å². The first kappa shape index (κ1) is 21.0. The summed E-state index contributed by atoms with van der Waals surface area (Å²) in [6.07, 6.45) is -0.847. The number of aliphatic hydroxyl groups is 1. The van der Waals surface area contributed by atoms with Crippen LogP contribution in [-0.4, -0.2) is 48.2 Å². The van der Waals surface area contributed by atoms with Crippen molar-refractivity contribution in [3.63, 3.8) is 0 Å². The number of aliphatic hydroxyl groups excluding tert-OH is 1. The highest BCUT2D eigenvalue weighted by atomic mass is 35.5. The number of rotatable bonds is 9. The lowest BCUT2D eigenvalue weighted by atomic mass is 10.1. The van der Waals surface area contributed by atoms with Crippen LogP contribution in [0.2, 0.25) is 10.0 Å². The number of ether oxygens (including phenoxy) is 1. The van der Waals surface area contributed by atoms with Crippen LogP contribution in [0.4, 0.5) is 0 Å². The number of benzene rings is 2. The van der Waals surface area contributed by atoms with E-state index in [1.54, 1.807) is 12.1 Å². The Morgan fingerprint density at radius 2 is 1.85 bits per heavy atom. The molecule has 6 nitrogen and oxygen atoms in total.